The first-order chi connectivity index (χ1) is 19.8. The van der Waals surface area contributed by atoms with Crippen LogP contribution in [0.25, 0.3) is 0 Å². The van der Waals surface area contributed by atoms with E-state index in [-0.39, 0.29) is 18.3 Å². The van der Waals surface area contributed by atoms with Crippen LogP contribution in [0.4, 0.5) is 0 Å². The number of hydrogen-bond acceptors (Lipinski definition) is 4. The van der Waals surface area contributed by atoms with Crippen molar-refractivity contribution >= 4 is 8.32 Å². The molecule has 0 aliphatic heterocycles. The molecule has 41 heavy (non-hydrogen) atoms. The summed E-state index contributed by atoms with van der Waals surface area (Å²) in [5, 5.41) is 0. The Balaban J connectivity index is 1.92. The van der Waals surface area contributed by atoms with E-state index in [2.05, 4.69) is 121 Å². The van der Waals surface area contributed by atoms with Crippen molar-refractivity contribution in [3.63, 3.8) is 0 Å². The van der Waals surface area contributed by atoms with Gasteiger partial charge in [0.1, 0.15) is 12.2 Å². The first-order valence-corrected chi connectivity index (χ1v) is 17.5. The molecule has 5 heteroatoms. The van der Waals surface area contributed by atoms with Crippen molar-refractivity contribution < 1.29 is 18.6 Å². The maximum atomic E-state index is 7.13. The Morgan fingerprint density at radius 1 is 0.512 bits per heavy atom. The molecule has 0 amide bonds. The fraction of sp³-hybridized carbons (Fsp3) is 0.500. The second-order valence-electron chi connectivity index (χ2n) is 12.0. The van der Waals surface area contributed by atoms with Crippen LogP contribution in [0.5, 0.6) is 0 Å². The van der Waals surface area contributed by atoms with Gasteiger partial charge in [0.05, 0.1) is 32.5 Å². The molecule has 0 aliphatic carbocycles. The first-order valence-electron chi connectivity index (χ1n) is 15.4. The molecule has 3 rings (SSSR count). The van der Waals surface area contributed by atoms with Crippen molar-refractivity contribution in [1.29, 1.82) is 0 Å². The predicted octanol–water partition coefficient (Wildman–Crippen LogP) is 9.34. The summed E-state index contributed by atoms with van der Waals surface area (Å²) in [4.78, 5) is 0. The molecule has 0 saturated carbocycles. The van der Waals surface area contributed by atoms with Gasteiger partial charge in [-0.3, -0.25) is 0 Å². The topological polar surface area (TPSA) is 36.9 Å². The third-order valence-corrected chi connectivity index (χ3v) is 14.3. The lowest BCUT2D eigenvalue weighted by molar-refractivity contribution is -0.161. The molecule has 0 radical (unpaired) electrons. The van der Waals surface area contributed by atoms with Gasteiger partial charge in [-0.25, -0.2) is 0 Å². The van der Waals surface area contributed by atoms with Crippen molar-refractivity contribution in [3.8, 4) is 0 Å². The average molecular weight is 577 g/mol. The standard InChI is InChI=1S/C36H52O4Si/c1-8-34(37-24-31-18-12-9-13-19-31)36(39-26-33-22-16-11-17-23-33)35(38-25-32-20-14-10-15-21-32)27-40-41(28(2)3,29(4)5)30(6)7/h9-23,28-30,34-36H,8,24-27H2,1-7H3/t34-,35+,36+/m0/s1. The summed E-state index contributed by atoms with van der Waals surface area (Å²) < 4.78 is 27.2. The van der Waals surface area contributed by atoms with Crippen LogP contribution < -0.4 is 0 Å². The van der Waals surface area contributed by atoms with E-state index in [1.165, 1.54) is 0 Å². The van der Waals surface area contributed by atoms with Gasteiger partial charge in [0, 0.05) is 0 Å². The van der Waals surface area contributed by atoms with Gasteiger partial charge in [0.2, 0.25) is 0 Å². The zero-order valence-corrected chi connectivity index (χ0v) is 27.3. The molecule has 0 aromatic heterocycles. The molecule has 0 saturated heterocycles. The maximum Gasteiger partial charge on any atom is 0.200 e. The van der Waals surface area contributed by atoms with Crippen molar-refractivity contribution in [2.45, 2.75) is 110 Å². The number of rotatable bonds is 18. The third-order valence-electron chi connectivity index (χ3n) is 8.24. The van der Waals surface area contributed by atoms with Crippen molar-refractivity contribution in [2.75, 3.05) is 6.61 Å². The van der Waals surface area contributed by atoms with Crippen LogP contribution in [-0.4, -0.2) is 33.2 Å². The Hall–Kier alpha value is -2.28. The van der Waals surface area contributed by atoms with Crippen LogP contribution in [0, 0.1) is 0 Å². The number of ether oxygens (including phenoxy) is 3. The summed E-state index contributed by atoms with van der Waals surface area (Å²) >= 11 is 0. The molecule has 0 unspecified atom stereocenters. The van der Waals surface area contributed by atoms with Crippen molar-refractivity contribution in [3.05, 3.63) is 108 Å². The largest absolute Gasteiger partial charge is 0.413 e. The molecule has 0 fully saturated rings. The summed E-state index contributed by atoms with van der Waals surface area (Å²) in [6.07, 6.45) is 0.0589. The summed E-state index contributed by atoms with van der Waals surface area (Å²) in [5.74, 6) is 0. The minimum absolute atomic E-state index is 0.156. The minimum Gasteiger partial charge on any atom is -0.413 e. The number of benzene rings is 3. The number of hydrogen-bond donors (Lipinski definition) is 0. The lowest BCUT2D eigenvalue weighted by Crippen LogP contribution is -2.52. The minimum atomic E-state index is -2.12. The van der Waals surface area contributed by atoms with Gasteiger partial charge < -0.3 is 18.6 Å². The first kappa shape index (κ1) is 33.2. The Morgan fingerprint density at radius 3 is 1.24 bits per heavy atom. The molecule has 0 N–H and O–H groups in total. The van der Waals surface area contributed by atoms with Crippen LogP contribution in [0.3, 0.4) is 0 Å². The zero-order chi connectivity index (χ0) is 29.7. The van der Waals surface area contributed by atoms with E-state index >= 15 is 0 Å². The zero-order valence-electron chi connectivity index (χ0n) is 26.3. The Kier molecular flexibility index (Phi) is 13.8. The fourth-order valence-corrected chi connectivity index (χ4v) is 11.6. The molecule has 224 valence electrons. The van der Waals surface area contributed by atoms with Gasteiger partial charge in [-0.2, -0.15) is 0 Å². The lowest BCUT2D eigenvalue weighted by atomic mass is 10.0. The van der Waals surface area contributed by atoms with Crippen molar-refractivity contribution in [1.82, 2.24) is 0 Å². The predicted molar refractivity (Wildman–Crippen MR) is 172 cm³/mol. The monoisotopic (exact) mass is 576 g/mol. The van der Waals surface area contributed by atoms with Gasteiger partial charge >= 0.3 is 0 Å². The molecule has 0 aliphatic rings. The van der Waals surface area contributed by atoms with Crippen LogP contribution in [0.15, 0.2) is 91.0 Å². The van der Waals surface area contributed by atoms with Crippen LogP contribution in [-0.2, 0) is 38.5 Å². The van der Waals surface area contributed by atoms with E-state index in [1.54, 1.807) is 0 Å². The Morgan fingerprint density at radius 2 is 0.878 bits per heavy atom. The van der Waals surface area contributed by atoms with Gasteiger partial charge in [-0.05, 0) is 39.7 Å². The highest BCUT2D eigenvalue weighted by Gasteiger charge is 2.46. The van der Waals surface area contributed by atoms with Crippen LogP contribution >= 0.6 is 0 Å². The van der Waals surface area contributed by atoms with Crippen molar-refractivity contribution in [2.24, 2.45) is 0 Å². The molecule has 0 spiro atoms. The Labute approximate surface area is 250 Å². The molecular weight excluding hydrogens is 524 g/mol. The molecule has 0 heterocycles. The highest BCUT2D eigenvalue weighted by molar-refractivity contribution is 6.77. The maximum absolute atomic E-state index is 7.13. The summed E-state index contributed by atoms with van der Waals surface area (Å²) in [5.41, 5.74) is 4.87. The van der Waals surface area contributed by atoms with E-state index in [0.29, 0.717) is 43.1 Å². The summed E-state index contributed by atoms with van der Waals surface area (Å²) in [6.45, 7) is 18.1. The highest BCUT2D eigenvalue weighted by atomic mass is 28.4. The second-order valence-corrected chi connectivity index (χ2v) is 17.4. The molecule has 3 atom stereocenters. The third kappa shape index (κ3) is 9.62. The van der Waals surface area contributed by atoms with E-state index in [0.717, 1.165) is 23.1 Å². The summed E-state index contributed by atoms with van der Waals surface area (Å²) in [7, 11) is -2.12. The summed E-state index contributed by atoms with van der Waals surface area (Å²) in [6, 6.07) is 31.1. The quantitative estimate of drug-likeness (QED) is 0.141. The van der Waals surface area contributed by atoms with Crippen LogP contribution in [0.1, 0.15) is 71.6 Å². The normalized spacial score (nSPS) is 14.5. The smallest absolute Gasteiger partial charge is 0.200 e. The fourth-order valence-electron chi connectivity index (χ4n) is 6.19. The Bertz CT molecular complexity index is 1070. The molecule has 3 aromatic rings. The molecular formula is C36H52O4Si. The van der Waals surface area contributed by atoms with Gasteiger partial charge in [0.15, 0.2) is 8.32 Å². The molecule has 3 aromatic carbocycles. The van der Waals surface area contributed by atoms with Gasteiger partial charge in [0.25, 0.3) is 0 Å². The van der Waals surface area contributed by atoms with Gasteiger partial charge in [-0.15, -0.1) is 0 Å². The van der Waals surface area contributed by atoms with E-state index in [4.69, 9.17) is 18.6 Å². The highest BCUT2D eigenvalue weighted by Crippen LogP contribution is 2.42. The van der Waals surface area contributed by atoms with Gasteiger partial charge in [-0.1, -0.05) is 139 Å². The lowest BCUT2D eigenvalue weighted by Gasteiger charge is -2.44. The molecule has 0 bridgehead atoms. The average Bonchev–Trinajstić information content (AvgIpc) is 2.98. The SMILES string of the molecule is CC[C@H](OCc1ccccc1)[C@@H](OCc1ccccc1)[C@@H](CO[Si](C(C)C)(C(C)C)C(C)C)OCc1ccccc1. The van der Waals surface area contributed by atoms with Crippen LogP contribution in [0.2, 0.25) is 16.6 Å². The van der Waals surface area contributed by atoms with E-state index in [1.807, 2.05) is 18.2 Å². The van der Waals surface area contributed by atoms with E-state index in [9.17, 15) is 0 Å². The van der Waals surface area contributed by atoms with E-state index < -0.39 is 8.32 Å². The second kappa shape index (κ2) is 17.0. The molecule has 4 nitrogen and oxygen atoms in total.